The highest BCUT2D eigenvalue weighted by Gasteiger charge is 2.15. The number of rotatable bonds is 4. The van der Waals surface area contributed by atoms with Crippen molar-refractivity contribution < 1.29 is 18.4 Å². The second-order valence-corrected chi connectivity index (χ2v) is 6.21. The maximum Gasteiger partial charge on any atom is 0.260 e. The molecule has 8 heteroatoms. The number of hydrogen-bond donors (Lipinski definition) is 2. The van der Waals surface area contributed by atoms with Gasteiger partial charge in [0, 0.05) is 23.6 Å². The quantitative estimate of drug-likeness (QED) is 0.716. The average molecular weight is 373 g/mol. The van der Waals surface area contributed by atoms with Gasteiger partial charge in [-0.2, -0.15) is 0 Å². The topological polar surface area (TPSA) is 71.1 Å². The molecule has 0 radical (unpaired) electrons. The standard InChI is InChI=1S/C18H13F2N3O2S/c1-10(24)21-11-6-7-12(15(20)8-11)16-9-26-18(22-16)23-17(25)13-4-2-3-5-14(13)19/h2-9H,1H3,(H,21,24)(H,22,23,25). The van der Waals surface area contributed by atoms with E-state index in [9.17, 15) is 18.4 Å². The van der Waals surface area contributed by atoms with Gasteiger partial charge in [0.15, 0.2) is 5.13 Å². The smallest absolute Gasteiger partial charge is 0.260 e. The molecule has 3 aromatic rings. The molecule has 0 aliphatic carbocycles. The van der Waals surface area contributed by atoms with Crippen LogP contribution >= 0.6 is 11.3 Å². The van der Waals surface area contributed by atoms with Crippen LogP contribution in [0.5, 0.6) is 0 Å². The van der Waals surface area contributed by atoms with Crippen molar-refractivity contribution in [2.75, 3.05) is 10.6 Å². The Hall–Kier alpha value is -3.13. The summed E-state index contributed by atoms with van der Waals surface area (Å²) in [4.78, 5) is 27.3. The van der Waals surface area contributed by atoms with Crippen LogP contribution in [0.4, 0.5) is 19.6 Å². The molecule has 0 aliphatic rings. The van der Waals surface area contributed by atoms with E-state index < -0.39 is 17.5 Å². The summed E-state index contributed by atoms with van der Waals surface area (Å²) >= 11 is 1.09. The van der Waals surface area contributed by atoms with Gasteiger partial charge in [-0.3, -0.25) is 14.9 Å². The number of aromatic nitrogens is 1. The number of halogens is 2. The molecule has 0 saturated carbocycles. The number of carbonyl (C=O) groups excluding carboxylic acids is 2. The van der Waals surface area contributed by atoms with E-state index in [2.05, 4.69) is 15.6 Å². The van der Waals surface area contributed by atoms with Crippen molar-refractivity contribution in [3.05, 3.63) is 65.0 Å². The summed E-state index contributed by atoms with van der Waals surface area (Å²) in [6, 6.07) is 9.81. The first-order valence-electron chi connectivity index (χ1n) is 7.53. The van der Waals surface area contributed by atoms with Gasteiger partial charge in [-0.1, -0.05) is 12.1 Å². The van der Waals surface area contributed by atoms with Gasteiger partial charge in [-0.25, -0.2) is 13.8 Å². The molecule has 1 aromatic heterocycles. The van der Waals surface area contributed by atoms with Gasteiger partial charge in [0.1, 0.15) is 11.6 Å². The van der Waals surface area contributed by atoms with Crippen molar-refractivity contribution in [2.45, 2.75) is 6.92 Å². The largest absolute Gasteiger partial charge is 0.326 e. The normalized spacial score (nSPS) is 10.4. The number of carbonyl (C=O) groups is 2. The van der Waals surface area contributed by atoms with E-state index in [1.165, 1.54) is 37.3 Å². The fourth-order valence-corrected chi connectivity index (χ4v) is 2.97. The second kappa shape index (κ2) is 7.40. The van der Waals surface area contributed by atoms with Gasteiger partial charge in [-0.05, 0) is 30.3 Å². The van der Waals surface area contributed by atoms with Crippen LogP contribution < -0.4 is 10.6 Å². The van der Waals surface area contributed by atoms with E-state index in [4.69, 9.17) is 0 Å². The minimum atomic E-state index is -0.638. The summed E-state index contributed by atoms with van der Waals surface area (Å²) in [5.74, 6) is -2.13. The Labute approximate surface area is 151 Å². The van der Waals surface area contributed by atoms with Crippen molar-refractivity contribution in [1.29, 1.82) is 0 Å². The summed E-state index contributed by atoms with van der Waals surface area (Å²) in [5.41, 5.74) is 0.782. The molecule has 132 valence electrons. The van der Waals surface area contributed by atoms with Crippen LogP contribution in [0.15, 0.2) is 47.8 Å². The van der Waals surface area contributed by atoms with Crippen LogP contribution in [0.3, 0.4) is 0 Å². The van der Waals surface area contributed by atoms with Gasteiger partial charge in [0.2, 0.25) is 5.91 Å². The van der Waals surface area contributed by atoms with E-state index in [1.807, 2.05) is 0 Å². The average Bonchev–Trinajstić information content (AvgIpc) is 3.03. The SMILES string of the molecule is CC(=O)Nc1ccc(-c2csc(NC(=O)c3ccccc3F)n2)c(F)c1. The summed E-state index contributed by atoms with van der Waals surface area (Å²) in [5, 5.41) is 6.78. The zero-order valence-electron chi connectivity index (χ0n) is 13.5. The molecule has 0 fully saturated rings. The third-order valence-corrected chi connectivity index (χ3v) is 4.17. The number of hydrogen-bond acceptors (Lipinski definition) is 4. The Balaban J connectivity index is 1.79. The van der Waals surface area contributed by atoms with E-state index in [-0.39, 0.29) is 22.2 Å². The lowest BCUT2D eigenvalue weighted by molar-refractivity contribution is -0.114. The van der Waals surface area contributed by atoms with E-state index >= 15 is 0 Å². The highest BCUT2D eigenvalue weighted by molar-refractivity contribution is 7.14. The first kappa shape index (κ1) is 17.7. The Morgan fingerprint density at radius 2 is 1.81 bits per heavy atom. The number of amides is 2. The number of benzene rings is 2. The van der Waals surface area contributed by atoms with Crippen molar-refractivity contribution >= 4 is 34.0 Å². The summed E-state index contributed by atoms with van der Waals surface area (Å²) in [6.07, 6.45) is 0. The summed E-state index contributed by atoms with van der Waals surface area (Å²) in [6.45, 7) is 1.33. The molecule has 3 rings (SSSR count). The molecule has 5 nitrogen and oxygen atoms in total. The van der Waals surface area contributed by atoms with Gasteiger partial charge in [-0.15, -0.1) is 11.3 Å². The fourth-order valence-electron chi connectivity index (χ4n) is 2.27. The monoisotopic (exact) mass is 373 g/mol. The van der Waals surface area contributed by atoms with Crippen LogP contribution in [0, 0.1) is 11.6 Å². The minimum absolute atomic E-state index is 0.102. The Morgan fingerprint density at radius 3 is 2.50 bits per heavy atom. The van der Waals surface area contributed by atoms with E-state index in [0.29, 0.717) is 11.4 Å². The molecule has 0 bridgehead atoms. The van der Waals surface area contributed by atoms with Gasteiger partial charge >= 0.3 is 0 Å². The van der Waals surface area contributed by atoms with Gasteiger partial charge < -0.3 is 5.32 Å². The van der Waals surface area contributed by atoms with Crippen LogP contribution in [-0.2, 0) is 4.79 Å². The maximum absolute atomic E-state index is 14.3. The molecule has 0 unspecified atom stereocenters. The minimum Gasteiger partial charge on any atom is -0.326 e. The number of nitrogens with zero attached hydrogens (tertiary/aromatic N) is 1. The maximum atomic E-state index is 14.3. The number of thiazole rings is 1. The zero-order valence-corrected chi connectivity index (χ0v) is 14.4. The lowest BCUT2D eigenvalue weighted by Crippen LogP contribution is -2.13. The molecule has 0 saturated heterocycles. The highest BCUT2D eigenvalue weighted by atomic mass is 32.1. The van der Waals surface area contributed by atoms with Crippen molar-refractivity contribution in [1.82, 2.24) is 4.98 Å². The van der Waals surface area contributed by atoms with Crippen LogP contribution in [0.25, 0.3) is 11.3 Å². The van der Waals surface area contributed by atoms with Crippen molar-refractivity contribution in [2.24, 2.45) is 0 Å². The molecular weight excluding hydrogens is 360 g/mol. The first-order chi connectivity index (χ1) is 12.4. The lowest BCUT2D eigenvalue weighted by atomic mass is 10.1. The van der Waals surface area contributed by atoms with Gasteiger partial charge in [0.25, 0.3) is 5.91 Å². The molecular formula is C18H13F2N3O2S. The molecule has 0 atom stereocenters. The van der Waals surface area contributed by atoms with Crippen LogP contribution in [0.2, 0.25) is 0 Å². The van der Waals surface area contributed by atoms with E-state index in [0.717, 1.165) is 11.3 Å². The summed E-state index contributed by atoms with van der Waals surface area (Å²) in [7, 11) is 0. The predicted octanol–water partition coefficient (Wildman–Crippen LogP) is 4.30. The molecule has 2 N–H and O–H groups in total. The van der Waals surface area contributed by atoms with E-state index in [1.54, 1.807) is 17.5 Å². The first-order valence-corrected chi connectivity index (χ1v) is 8.41. The Morgan fingerprint density at radius 1 is 1.04 bits per heavy atom. The number of anilines is 2. The third-order valence-electron chi connectivity index (χ3n) is 3.41. The van der Waals surface area contributed by atoms with Crippen molar-refractivity contribution in [3.8, 4) is 11.3 Å². The number of nitrogens with one attached hydrogen (secondary N) is 2. The second-order valence-electron chi connectivity index (χ2n) is 5.35. The molecule has 0 aliphatic heterocycles. The zero-order chi connectivity index (χ0) is 18.7. The van der Waals surface area contributed by atoms with Gasteiger partial charge in [0.05, 0.1) is 11.3 Å². The fraction of sp³-hybridized carbons (Fsp3) is 0.0556. The predicted molar refractivity (Wildman–Crippen MR) is 96.2 cm³/mol. The van der Waals surface area contributed by atoms with Crippen molar-refractivity contribution in [3.63, 3.8) is 0 Å². The summed E-state index contributed by atoms with van der Waals surface area (Å²) < 4.78 is 27.9. The molecule has 0 spiro atoms. The van der Waals surface area contributed by atoms with Crippen LogP contribution in [-0.4, -0.2) is 16.8 Å². The molecule has 2 amide bonds. The molecule has 1 heterocycles. The lowest BCUT2D eigenvalue weighted by Gasteiger charge is -2.05. The Bertz CT molecular complexity index is 988. The van der Waals surface area contributed by atoms with Crippen LogP contribution in [0.1, 0.15) is 17.3 Å². The molecule has 26 heavy (non-hydrogen) atoms. The molecule has 2 aromatic carbocycles. The highest BCUT2D eigenvalue weighted by Crippen LogP contribution is 2.29. The third kappa shape index (κ3) is 3.92. The Kier molecular flexibility index (Phi) is 5.04.